The minimum atomic E-state index is -0.358. The summed E-state index contributed by atoms with van der Waals surface area (Å²) in [5.41, 5.74) is 2.83. The Kier molecular flexibility index (Phi) is 5.50. The van der Waals surface area contributed by atoms with Crippen molar-refractivity contribution in [2.24, 2.45) is 0 Å². The van der Waals surface area contributed by atoms with Crippen molar-refractivity contribution in [1.29, 1.82) is 0 Å². The number of hydrogen-bond donors (Lipinski definition) is 2. The lowest BCUT2D eigenvalue weighted by Gasteiger charge is -2.07. The van der Waals surface area contributed by atoms with E-state index in [-0.39, 0.29) is 11.2 Å². The minimum absolute atomic E-state index is 0.134. The van der Waals surface area contributed by atoms with E-state index in [4.69, 9.17) is 0 Å². The summed E-state index contributed by atoms with van der Waals surface area (Å²) in [6.45, 7) is 1.82. The minimum Gasteiger partial charge on any atom is -0.301 e. The van der Waals surface area contributed by atoms with E-state index >= 15 is 0 Å². The van der Waals surface area contributed by atoms with Gasteiger partial charge in [0.1, 0.15) is 0 Å². The maximum atomic E-state index is 12.5. The molecular formula is C20H17N5OS2. The van der Waals surface area contributed by atoms with Crippen LogP contribution < -0.4 is 5.32 Å². The highest BCUT2D eigenvalue weighted by Gasteiger charge is 2.19. The van der Waals surface area contributed by atoms with Crippen molar-refractivity contribution in [3.63, 3.8) is 0 Å². The number of aromatic amines is 1. The van der Waals surface area contributed by atoms with Crippen LogP contribution in [0.25, 0.3) is 22.6 Å². The number of aromatic nitrogens is 4. The first-order chi connectivity index (χ1) is 13.7. The van der Waals surface area contributed by atoms with Crippen LogP contribution in [0.3, 0.4) is 0 Å². The first-order valence-electron chi connectivity index (χ1n) is 8.65. The standard InChI is InChI=1S/C20H17N5OS2/c1-13(28-20-22-17(24-25-20)15-10-6-3-7-11-15)18(26)23-19-21-16(12-27-19)14-8-4-2-5-9-14/h2-13H,1H3,(H,21,23,26)(H,22,24,25)/t13-/m1/s1. The van der Waals surface area contributed by atoms with Crippen molar-refractivity contribution in [2.45, 2.75) is 17.3 Å². The van der Waals surface area contributed by atoms with Gasteiger partial charge < -0.3 is 5.32 Å². The van der Waals surface area contributed by atoms with Crippen molar-refractivity contribution < 1.29 is 4.79 Å². The van der Waals surface area contributed by atoms with Gasteiger partial charge in [0.15, 0.2) is 11.0 Å². The summed E-state index contributed by atoms with van der Waals surface area (Å²) < 4.78 is 0. The van der Waals surface area contributed by atoms with E-state index in [1.807, 2.05) is 73.0 Å². The Hall–Kier alpha value is -2.97. The molecular weight excluding hydrogens is 390 g/mol. The van der Waals surface area contributed by atoms with Gasteiger partial charge in [-0.2, -0.15) is 0 Å². The molecule has 0 fully saturated rings. The fraction of sp³-hybridized carbons (Fsp3) is 0.100. The highest BCUT2D eigenvalue weighted by Crippen LogP contribution is 2.27. The van der Waals surface area contributed by atoms with E-state index in [0.29, 0.717) is 16.1 Å². The highest BCUT2D eigenvalue weighted by atomic mass is 32.2. The Labute approximate surface area is 170 Å². The molecule has 6 nitrogen and oxygen atoms in total. The quantitative estimate of drug-likeness (QED) is 0.452. The first kappa shape index (κ1) is 18.4. The Morgan fingerprint density at radius 3 is 2.43 bits per heavy atom. The predicted molar refractivity (Wildman–Crippen MR) is 113 cm³/mol. The zero-order valence-corrected chi connectivity index (χ0v) is 16.6. The molecule has 2 N–H and O–H groups in total. The monoisotopic (exact) mass is 407 g/mol. The van der Waals surface area contributed by atoms with Gasteiger partial charge in [-0.15, -0.1) is 16.4 Å². The van der Waals surface area contributed by atoms with E-state index < -0.39 is 0 Å². The molecule has 28 heavy (non-hydrogen) atoms. The van der Waals surface area contributed by atoms with E-state index in [2.05, 4.69) is 25.5 Å². The van der Waals surface area contributed by atoms with Crippen molar-refractivity contribution in [3.05, 3.63) is 66.0 Å². The predicted octanol–water partition coefficient (Wildman–Crippen LogP) is 4.71. The van der Waals surface area contributed by atoms with Crippen LogP contribution >= 0.6 is 23.1 Å². The number of anilines is 1. The molecule has 0 saturated heterocycles. The zero-order chi connectivity index (χ0) is 19.3. The Morgan fingerprint density at radius 1 is 1.04 bits per heavy atom. The van der Waals surface area contributed by atoms with Crippen LogP contribution in [0.4, 0.5) is 5.13 Å². The molecule has 0 radical (unpaired) electrons. The lowest BCUT2D eigenvalue weighted by molar-refractivity contribution is -0.115. The summed E-state index contributed by atoms with van der Waals surface area (Å²) in [5.74, 6) is 0.549. The second kappa shape index (κ2) is 8.37. The number of nitrogens with zero attached hydrogens (tertiary/aromatic N) is 3. The van der Waals surface area contributed by atoms with Crippen LogP contribution in [0.15, 0.2) is 71.2 Å². The maximum Gasteiger partial charge on any atom is 0.239 e. The molecule has 4 rings (SSSR count). The molecule has 2 heterocycles. The fourth-order valence-electron chi connectivity index (χ4n) is 2.52. The topological polar surface area (TPSA) is 83.6 Å². The van der Waals surface area contributed by atoms with E-state index in [1.165, 1.54) is 23.1 Å². The van der Waals surface area contributed by atoms with Crippen LogP contribution in [-0.2, 0) is 4.79 Å². The van der Waals surface area contributed by atoms with Gasteiger partial charge in [-0.25, -0.2) is 9.97 Å². The third kappa shape index (κ3) is 4.29. The molecule has 2 aromatic heterocycles. The summed E-state index contributed by atoms with van der Waals surface area (Å²) in [7, 11) is 0. The second-order valence-corrected chi connectivity index (χ2v) is 8.15. The molecule has 140 valence electrons. The lowest BCUT2D eigenvalue weighted by Crippen LogP contribution is -2.22. The number of carbonyl (C=O) groups excluding carboxylic acids is 1. The third-order valence-electron chi connectivity index (χ3n) is 3.97. The van der Waals surface area contributed by atoms with Gasteiger partial charge in [0, 0.05) is 16.5 Å². The van der Waals surface area contributed by atoms with Crippen LogP contribution in [-0.4, -0.2) is 31.3 Å². The number of carbonyl (C=O) groups is 1. The van der Waals surface area contributed by atoms with Gasteiger partial charge in [0.05, 0.1) is 10.9 Å². The third-order valence-corrected chi connectivity index (χ3v) is 5.69. The smallest absolute Gasteiger partial charge is 0.239 e. The van der Waals surface area contributed by atoms with Gasteiger partial charge in [-0.05, 0) is 6.92 Å². The van der Waals surface area contributed by atoms with Crippen molar-refractivity contribution >= 4 is 34.1 Å². The first-order valence-corrected chi connectivity index (χ1v) is 10.4. The molecule has 0 saturated carbocycles. The van der Waals surface area contributed by atoms with E-state index in [0.717, 1.165) is 16.8 Å². The normalized spacial score (nSPS) is 11.9. The van der Waals surface area contributed by atoms with Crippen molar-refractivity contribution in [1.82, 2.24) is 20.2 Å². The molecule has 0 aliphatic carbocycles. The summed E-state index contributed by atoms with van der Waals surface area (Å²) in [5, 5.41) is 12.7. The molecule has 0 unspecified atom stereocenters. The van der Waals surface area contributed by atoms with Gasteiger partial charge in [-0.3, -0.25) is 9.89 Å². The Balaban J connectivity index is 1.38. The number of amides is 1. The SMILES string of the molecule is C[C@@H](Sc1n[nH]c(-c2ccccc2)n1)C(=O)Nc1nc(-c2ccccc2)cs1. The van der Waals surface area contributed by atoms with Crippen LogP contribution in [0.2, 0.25) is 0 Å². The molecule has 2 aromatic carbocycles. The molecule has 0 spiro atoms. The summed E-state index contributed by atoms with van der Waals surface area (Å²) in [6.07, 6.45) is 0. The van der Waals surface area contributed by atoms with Gasteiger partial charge in [0.2, 0.25) is 11.1 Å². The molecule has 8 heteroatoms. The Bertz CT molecular complexity index is 1060. The number of nitrogens with one attached hydrogen (secondary N) is 2. The number of hydrogen-bond acceptors (Lipinski definition) is 6. The summed E-state index contributed by atoms with van der Waals surface area (Å²) >= 11 is 2.71. The summed E-state index contributed by atoms with van der Waals surface area (Å²) in [4.78, 5) is 21.5. The number of benzene rings is 2. The molecule has 0 bridgehead atoms. The molecule has 4 aromatic rings. The number of rotatable bonds is 6. The van der Waals surface area contributed by atoms with Crippen molar-refractivity contribution in [2.75, 3.05) is 5.32 Å². The zero-order valence-electron chi connectivity index (χ0n) is 15.0. The average molecular weight is 408 g/mol. The van der Waals surface area contributed by atoms with Gasteiger partial charge >= 0.3 is 0 Å². The molecule has 0 aliphatic rings. The van der Waals surface area contributed by atoms with Gasteiger partial charge in [0.25, 0.3) is 0 Å². The highest BCUT2D eigenvalue weighted by molar-refractivity contribution is 8.00. The number of thiazole rings is 1. The van der Waals surface area contributed by atoms with Crippen molar-refractivity contribution in [3.8, 4) is 22.6 Å². The Morgan fingerprint density at radius 2 is 1.71 bits per heavy atom. The fourth-order valence-corrected chi connectivity index (χ4v) is 3.96. The summed E-state index contributed by atoms with van der Waals surface area (Å²) in [6, 6.07) is 19.6. The average Bonchev–Trinajstić information content (AvgIpc) is 3.39. The van der Waals surface area contributed by atoms with E-state index in [9.17, 15) is 4.79 Å². The number of thioether (sulfide) groups is 1. The van der Waals surface area contributed by atoms with Crippen LogP contribution in [0, 0.1) is 0 Å². The lowest BCUT2D eigenvalue weighted by atomic mass is 10.2. The maximum absolute atomic E-state index is 12.5. The van der Waals surface area contributed by atoms with E-state index in [1.54, 1.807) is 0 Å². The number of H-pyrrole nitrogens is 1. The van der Waals surface area contributed by atoms with Crippen LogP contribution in [0.5, 0.6) is 0 Å². The molecule has 1 atom stereocenters. The largest absolute Gasteiger partial charge is 0.301 e. The van der Waals surface area contributed by atoms with Gasteiger partial charge in [-0.1, -0.05) is 72.4 Å². The van der Waals surface area contributed by atoms with Crippen LogP contribution in [0.1, 0.15) is 6.92 Å². The molecule has 0 aliphatic heterocycles. The second-order valence-electron chi connectivity index (χ2n) is 5.99. The molecule has 1 amide bonds.